The third-order valence-corrected chi connectivity index (χ3v) is 6.11. The Bertz CT molecular complexity index is 1090. The Kier molecular flexibility index (Phi) is 9.58. The number of carbonyl (C=O) groups excluding carboxylic acids is 2. The second-order valence-electron chi connectivity index (χ2n) is 8.35. The molecule has 0 N–H and O–H groups in total. The monoisotopic (exact) mass is 498 g/mol. The van der Waals surface area contributed by atoms with E-state index in [1.54, 1.807) is 38.5 Å². The summed E-state index contributed by atoms with van der Waals surface area (Å²) in [5.41, 5.74) is 3.06. The second-order valence-corrected chi connectivity index (χ2v) is 8.35. The molecule has 1 aliphatic rings. The highest BCUT2D eigenvalue weighted by atomic mass is 16.5. The average molecular weight is 499 g/mol. The zero-order valence-electron chi connectivity index (χ0n) is 21.5. The fourth-order valence-corrected chi connectivity index (χ4v) is 3.96. The maximum absolute atomic E-state index is 12.8. The van der Waals surface area contributed by atoms with Crippen LogP contribution in [-0.4, -0.2) is 82.9 Å². The first-order chi connectivity index (χ1) is 17.4. The van der Waals surface area contributed by atoms with E-state index in [-0.39, 0.29) is 12.5 Å². The Labute approximate surface area is 212 Å². The van der Waals surface area contributed by atoms with E-state index in [0.29, 0.717) is 30.3 Å². The molecule has 1 fully saturated rings. The minimum atomic E-state index is -0.446. The molecule has 194 valence electrons. The second kappa shape index (κ2) is 12.8. The predicted octanol–water partition coefficient (Wildman–Crippen LogP) is 2.93. The van der Waals surface area contributed by atoms with E-state index in [2.05, 4.69) is 16.6 Å². The van der Waals surface area contributed by atoms with Gasteiger partial charge in [-0.05, 0) is 54.0 Å². The molecule has 2 aromatic carbocycles. The quantitative estimate of drug-likeness (QED) is 0.365. The Morgan fingerprint density at radius 1 is 0.861 bits per heavy atom. The molecule has 1 heterocycles. The first-order valence-electron chi connectivity index (χ1n) is 11.7. The lowest BCUT2D eigenvalue weighted by atomic mass is 10.1. The van der Waals surface area contributed by atoms with Crippen molar-refractivity contribution in [2.75, 3.05) is 61.2 Å². The molecule has 0 unspecified atom stereocenters. The number of piperazine rings is 1. The molecule has 0 aliphatic carbocycles. The summed E-state index contributed by atoms with van der Waals surface area (Å²) in [5.74, 6) is 1.85. The van der Waals surface area contributed by atoms with E-state index in [9.17, 15) is 9.59 Å². The van der Waals surface area contributed by atoms with E-state index in [4.69, 9.17) is 18.9 Å². The average Bonchev–Trinajstić information content (AvgIpc) is 2.91. The van der Waals surface area contributed by atoms with Gasteiger partial charge in [0.1, 0.15) is 0 Å². The molecule has 0 atom stereocenters. The van der Waals surface area contributed by atoms with Gasteiger partial charge in [-0.1, -0.05) is 6.07 Å². The summed E-state index contributed by atoms with van der Waals surface area (Å²) in [7, 11) is 6.11. The van der Waals surface area contributed by atoms with Gasteiger partial charge < -0.3 is 28.6 Å². The minimum absolute atomic E-state index is 0.0753. The van der Waals surface area contributed by atoms with Gasteiger partial charge in [-0.3, -0.25) is 9.69 Å². The van der Waals surface area contributed by atoms with Crippen LogP contribution in [0.1, 0.15) is 16.7 Å². The van der Waals surface area contributed by atoms with Crippen LogP contribution in [0.3, 0.4) is 0 Å². The number of nitrogens with zero attached hydrogens (tertiary/aromatic N) is 2. The molecular formula is C27H34N2O7. The van der Waals surface area contributed by atoms with Gasteiger partial charge in [-0.25, -0.2) is 4.79 Å². The zero-order chi connectivity index (χ0) is 26.1. The van der Waals surface area contributed by atoms with Crippen LogP contribution in [0.5, 0.6) is 23.0 Å². The number of rotatable bonds is 10. The highest BCUT2D eigenvalue weighted by Gasteiger charge is 2.23. The predicted molar refractivity (Wildman–Crippen MR) is 136 cm³/mol. The lowest BCUT2D eigenvalue weighted by Crippen LogP contribution is -2.49. The van der Waals surface area contributed by atoms with Gasteiger partial charge in [0.15, 0.2) is 29.6 Å². The molecule has 1 aliphatic heterocycles. The highest BCUT2D eigenvalue weighted by Crippen LogP contribution is 2.31. The van der Waals surface area contributed by atoms with Crippen molar-refractivity contribution in [3.8, 4) is 23.0 Å². The number of methoxy groups -OCH3 is 4. The van der Waals surface area contributed by atoms with Crippen molar-refractivity contribution in [2.24, 2.45) is 0 Å². The van der Waals surface area contributed by atoms with E-state index in [0.717, 1.165) is 36.5 Å². The largest absolute Gasteiger partial charge is 0.493 e. The van der Waals surface area contributed by atoms with Crippen LogP contribution in [0.2, 0.25) is 0 Å². The van der Waals surface area contributed by atoms with Gasteiger partial charge in [-0.2, -0.15) is 0 Å². The van der Waals surface area contributed by atoms with Crippen LogP contribution >= 0.6 is 0 Å². The van der Waals surface area contributed by atoms with Crippen molar-refractivity contribution >= 4 is 18.0 Å². The smallest absolute Gasteiger partial charge is 0.330 e. The highest BCUT2D eigenvalue weighted by molar-refractivity contribution is 5.87. The number of benzene rings is 2. The van der Waals surface area contributed by atoms with Crippen LogP contribution < -0.4 is 18.9 Å². The lowest BCUT2D eigenvalue weighted by molar-refractivity contribution is -0.135. The molecule has 9 nitrogen and oxygen atoms in total. The summed E-state index contributed by atoms with van der Waals surface area (Å²) >= 11 is 0. The fourth-order valence-electron chi connectivity index (χ4n) is 3.96. The van der Waals surface area contributed by atoms with Crippen molar-refractivity contribution in [2.45, 2.75) is 13.5 Å². The van der Waals surface area contributed by atoms with Gasteiger partial charge in [0.25, 0.3) is 5.91 Å². The number of ether oxygens (including phenoxy) is 5. The molecule has 0 aromatic heterocycles. The van der Waals surface area contributed by atoms with Crippen LogP contribution in [0.15, 0.2) is 36.4 Å². The van der Waals surface area contributed by atoms with E-state index in [1.807, 2.05) is 17.0 Å². The molecule has 0 spiro atoms. The van der Waals surface area contributed by atoms with Crippen LogP contribution in [-0.2, 0) is 20.9 Å². The minimum Gasteiger partial charge on any atom is -0.493 e. The van der Waals surface area contributed by atoms with E-state index >= 15 is 0 Å². The molecule has 9 heteroatoms. The van der Waals surface area contributed by atoms with Crippen molar-refractivity contribution < 1.29 is 33.3 Å². The van der Waals surface area contributed by atoms with Crippen LogP contribution in [0.4, 0.5) is 0 Å². The first kappa shape index (κ1) is 26.9. The molecule has 1 saturated heterocycles. The number of aryl methyl sites for hydroxylation is 1. The Balaban J connectivity index is 1.52. The van der Waals surface area contributed by atoms with Crippen molar-refractivity contribution in [1.29, 1.82) is 0 Å². The summed E-state index contributed by atoms with van der Waals surface area (Å²) in [4.78, 5) is 28.2. The topological polar surface area (TPSA) is 86.8 Å². The summed E-state index contributed by atoms with van der Waals surface area (Å²) in [6.07, 6.45) is 2.94. The summed E-state index contributed by atoms with van der Waals surface area (Å²) < 4.78 is 26.6. The molecular weight excluding hydrogens is 464 g/mol. The molecule has 1 amide bonds. The summed E-state index contributed by atoms with van der Waals surface area (Å²) in [5, 5.41) is 0. The van der Waals surface area contributed by atoms with Crippen molar-refractivity contribution in [3.05, 3.63) is 53.1 Å². The third-order valence-electron chi connectivity index (χ3n) is 6.11. The zero-order valence-corrected chi connectivity index (χ0v) is 21.5. The summed E-state index contributed by atoms with van der Waals surface area (Å²) in [6.45, 7) is 5.55. The van der Waals surface area contributed by atoms with Crippen LogP contribution in [0.25, 0.3) is 6.08 Å². The lowest BCUT2D eigenvalue weighted by Gasteiger charge is -2.35. The maximum atomic E-state index is 12.8. The first-order valence-corrected chi connectivity index (χ1v) is 11.7. The number of hydrogen-bond donors (Lipinski definition) is 0. The number of esters is 1. The Morgan fingerprint density at radius 2 is 1.50 bits per heavy atom. The van der Waals surface area contributed by atoms with E-state index in [1.165, 1.54) is 25.9 Å². The molecule has 0 bridgehead atoms. The maximum Gasteiger partial charge on any atom is 0.330 e. The summed E-state index contributed by atoms with van der Waals surface area (Å²) in [6, 6.07) is 9.22. The molecule has 36 heavy (non-hydrogen) atoms. The molecule has 0 radical (unpaired) electrons. The number of carbonyl (C=O) groups is 2. The Hall–Kier alpha value is -3.72. The SMILES string of the molecule is COC(=O)/C=C/c1ccc(OCC(=O)N2CCN(Cc3cc(OC)c(OC)cc3C)CC2)c(OC)c1. The van der Waals surface area contributed by atoms with Gasteiger partial charge in [-0.15, -0.1) is 0 Å². The molecule has 3 rings (SSSR count). The molecule has 2 aromatic rings. The Morgan fingerprint density at radius 3 is 2.14 bits per heavy atom. The normalized spacial score (nSPS) is 14.0. The number of hydrogen-bond acceptors (Lipinski definition) is 8. The van der Waals surface area contributed by atoms with Crippen molar-refractivity contribution in [3.63, 3.8) is 0 Å². The molecule has 0 saturated carbocycles. The van der Waals surface area contributed by atoms with Crippen molar-refractivity contribution in [1.82, 2.24) is 9.80 Å². The van der Waals surface area contributed by atoms with Gasteiger partial charge in [0, 0.05) is 38.8 Å². The standard InChI is InChI=1S/C27H34N2O7/c1-19-14-23(32-2)25(34-4)16-21(19)17-28-10-12-29(13-11-28)26(30)18-36-22-8-6-20(15-24(22)33-3)7-9-27(31)35-5/h6-9,14-16H,10-13,17-18H2,1-5H3/b9-7+. The van der Waals surface area contributed by atoms with E-state index < -0.39 is 5.97 Å². The van der Waals surface area contributed by atoms with Crippen LogP contribution in [0, 0.1) is 6.92 Å². The van der Waals surface area contributed by atoms with Gasteiger partial charge in [0.05, 0.1) is 28.4 Å². The fraction of sp³-hybridized carbons (Fsp3) is 0.407. The number of amides is 1. The van der Waals surface area contributed by atoms with Gasteiger partial charge in [0.2, 0.25) is 0 Å². The van der Waals surface area contributed by atoms with Gasteiger partial charge >= 0.3 is 5.97 Å². The third kappa shape index (κ3) is 6.91.